The highest BCUT2D eigenvalue weighted by Crippen LogP contribution is 2.46. The summed E-state index contributed by atoms with van der Waals surface area (Å²) in [5, 5.41) is 12.0. The molecule has 1 N–H and O–H groups in total. The molecule has 1 aliphatic heterocycles. The average Bonchev–Trinajstić information content (AvgIpc) is 3.55. The van der Waals surface area contributed by atoms with Gasteiger partial charge in [0.05, 0.1) is 41.7 Å². The molecule has 0 bridgehead atoms. The molecule has 1 saturated heterocycles. The smallest absolute Gasteiger partial charge is 0.301 e. The number of benzene rings is 3. The number of aromatic nitrogens is 1. The highest BCUT2D eigenvalue weighted by atomic mass is 32.1. The van der Waals surface area contributed by atoms with E-state index in [-0.39, 0.29) is 11.3 Å². The zero-order chi connectivity index (χ0) is 31.4. The molecule has 1 amide bonds. The van der Waals surface area contributed by atoms with E-state index in [1.165, 1.54) is 16.2 Å². The summed E-state index contributed by atoms with van der Waals surface area (Å²) in [5.74, 6) is -0.0798. The normalized spacial score (nSPS) is 16.1. The van der Waals surface area contributed by atoms with E-state index in [0.29, 0.717) is 53.3 Å². The van der Waals surface area contributed by atoms with E-state index in [0.717, 1.165) is 40.6 Å². The number of hydrogen-bond donors (Lipinski definition) is 1. The van der Waals surface area contributed by atoms with E-state index in [2.05, 4.69) is 6.92 Å². The zero-order valence-corrected chi connectivity index (χ0v) is 26.6. The number of amides is 1. The molecule has 9 heteroatoms. The van der Waals surface area contributed by atoms with Gasteiger partial charge in [-0.05, 0) is 92.8 Å². The Kier molecular flexibility index (Phi) is 9.54. The highest BCUT2D eigenvalue weighted by Gasteiger charge is 2.48. The Bertz CT molecular complexity index is 1710. The summed E-state index contributed by atoms with van der Waals surface area (Å²) in [6, 6.07) is 15.4. The number of anilines is 1. The van der Waals surface area contributed by atoms with Gasteiger partial charge >= 0.3 is 5.91 Å². The molecule has 3 aromatic carbocycles. The maximum atomic E-state index is 13.8. The van der Waals surface area contributed by atoms with Crippen molar-refractivity contribution in [1.29, 1.82) is 0 Å². The van der Waals surface area contributed by atoms with Crippen molar-refractivity contribution in [2.75, 3.05) is 24.7 Å². The van der Waals surface area contributed by atoms with Crippen molar-refractivity contribution in [2.24, 2.45) is 0 Å². The zero-order valence-electron chi connectivity index (χ0n) is 25.8. The first-order chi connectivity index (χ1) is 21.3. The Labute approximate surface area is 261 Å². The number of ether oxygens (including phenoxy) is 3. The van der Waals surface area contributed by atoms with Crippen LogP contribution < -0.4 is 19.1 Å². The van der Waals surface area contributed by atoms with Gasteiger partial charge in [0.15, 0.2) is 16.6 Å². The summed E-state index contributed by atoms with van der Waals surface area (Å²) in [6.45, 7) is 11.5. The van der Waals surface area contributed by atoms with Gasteiger partial charge in [0.2, 0.25) is 0 Å². The van der Waals surface area contributed by atoms with Gasteiger partial charge < -0.3 is 19.3 Å². The molecular weight excluding hydrogens is 576 g/mol. The summed E-state index contributed by atoms with van der Waals surface area (Å²) in [6.07, 6.45) is 2.75. The monoisotopic (exact) mass is 614 g/mol. The summed E-state index contributed by atoms with van der Waals surface area (Å²) in [5.41, 5.74) is 3.80. The maximum absolute atomic E-state index is 13.8. The minimum absolute atomic E-state index is 0.0218. The Hall–Kier alpha value is -4.37. The molecule has 4 aromatic rings. The molecule has 5 rings (SSSR count). The molecule has 0 aliphatic carbocycles. The average molecular weight is 615 g/mol. The molecule has 0 spiro atoms. The molecule has 2 heterocycles. The maximum Gasteiger partial charge on any atom is 0.301 e. The predicted molar refractivity (Wildman–Crippen MR) is 174 cm³/mol. The van der Waals surface area contributed by atoms with Crippen LogP contribution in [-0.4, -0.2) is 41.6 Å². The molecule has 1 unspecified atom stereocenters. The number of rotatable bonds is 12. The van der Waals surface area contributed by atoms with Crippen molar-refractivity contribution in [2.45, 2.75) is 59.9 Å². The van der Waals surface area contributed by atoms with Gasteiger partial charge in [0.25, 0.3) is 5.78 Å². The van der Waals surface area contributed by atoms with Crippen LogP contribution in [0, 0.1) is 13.8 Å². The second-order valence-corrected chi connectivity index (χ2v) is 11.8. The Morgan fingerprint density at radius 1 is 0.909 bits per heavy atom. The number of fused-ring (bicyclic) bond motifs is 1. The molecule has 8 nitrogen and oxygen atoms in total. The summed E-state index contributed by atoms with van der Waals surface area (Å²) < 4.78 is 18.5. The van der Waals surface area contributed by atoms with Crippen LogP contribution in [0.15, 0.2) is 60.2 Å². The SMILES string of the molecule is CCCCOc1ccc(C2C(=C(O)c3ccc(OCCC)cc3)C(=O)C(=O)N2c2nc3c(C)cc(C)cc3s2)cc1OCC. The minimum atomic E-state index is -0.947. The molecular formula is C35H38N2O6S. The summed E-state index contributed by atoms with van der Waals surface area (Å²) in [4.78, 5) is 33.8. The van der Waals surface area contributed by atoms with Gasteiger partial charge in [0, 0.05) is 5.56 Å². The number of aryl methyl sites for hydroxylation is 2. The lowest BCUT2D eigenvalue weighted by molar-refractivity contribution is -0.132. The second kappa shape index (κ2) is 13.5. The van der Waals surface area contributed by atoms with Crippen LogP contribution in [0.5, 0.6) is 17.2 Å². The van der Waals surface area contributed by atoms with E-state index < -0.39 is 17.7 Å². The summed E-state index contributed by atoms with van der Waals surface area (Å²) >= 11 is 1.34. The van der Waals surface area contributed by atoms with E-state index >= 15 is 0 Å². The third-order valence-electron chi connectivity index (χ3n) is 7.41. The number of hydrogen-bond acceptors (Lipinski definition) is 8. The fraction of sp³-hybridized carbons (Fsp3) is 0.343. The lowest BCUT2D eigenvalue weighted by Gasteiger charge is -2.24. The molecule has 1 aromatic heterocycles. The number of aliphatic hydroxyl groups excluding tert-OH is 1. The van der Waals surface area contributed by atoms with Crippen LogP contribution in [0.3, 0.4) is 0 Å². The first-order valence-electron chi connectivity index (χ1n) is 15.1. The first-order valence-corrected chi connectivity index (χ1v) is 15.9. The Morgan fingerprint density at radius 2 is 1.68 bits per heavy atom. The van der Waals surface area contributed by atoms with Crippen molar-refractivity contribution in [3.05, 3.63) is 82.4 Å². The number of nitrogens with zero attached hydrogens (tertiary/aromatic N) is 2. The van der Waals surface area contributed by atoms with Gasteiger partial charge in [-0.1, -0.05) is 43.7 Å². The van der Waals surface area contributed by atoms with Crippen LogP contribution in [0.2, 0.25) is 0 Å². The van der Waals surface area contributed by atoms with Crippen LogP contribution in [0.4, 0.5) is 5.13 Å². The van der Waals surface area contributed by atoms with E-state index in [1.807, 2.05) is 45.9 Å². The topological polar surface area (TPSA) is 98.2 Å². The summed E-state index contributed by atoms with van der Waals surface area (Å²) in [7, 11) is 0. The number of ketones is 1. The molecule has 1 aliphatic rings. The number of unbranched alkanes of at least 4 members (excludes halogenated alkanes) is 1. The quantitative estimate of drug-likeness (QED) is 0.0749. The Morgan fingerprint density at radius 3 is 2.39 bits per heavy atom. The third-order valence-corrected chi connectivity index (χ3v) is 8.41. The van der Waals surface area contributed by atoms with Crippen molar-refractivity contribution in [1.82, 2.24) is 4.98 Å². The van der Waals surface area contributed by atoms with Gasteiger partial charge in [-0.15, -0.1) is 0 Å². The Balaban J connectivity index is 1.67. The van der Waals surface area contributed by atoms with Gasteiger partial charge in [-0.25, -0.2) is 4.98 Å². The van der Waals surface area contributed by atoms with Crippen molar-refractivity contribution in [3.8, 4) is 17.2 Å². The van der Waals surface area contributed by atoms with Crippen molar-refractivity contribution < 1.29 is 28.9 Å². The van der Waals surface area contributed by atoms with E-state index in [9.17, 15) is 14.7 Å². The van der Waals surface area contributed by atoms with Crippen molar-refractivity contribution >= 4 is 44.1 Å². The lowest BCUT2D eigenvalue weighted by atomic mass is 9.95. The van der Waals surface area contributed by atoms with Crippen LogP contribution >= 0.6 is 11.3 Å². The molecule has 1 fully saturated rings. The number of thiazole rings is 1. The van der Waals surface area contributed by atoms with Gasteiger partial charge in [-0.2, -0.15) is 0 Å². The predicted octanol–water partition coefficient (Wildman–Crippen LogP) is 7.91. The molecule has 1 atom stereocenters. The van der Waals surface area contributed by atoms with E-state index in [4.69, 9.17) is 19.2 Å². The molecule has 0 saturated carbocycles. The van der Waals surface area contributed by atoms with Gasteiger partial charge in [0.1, 0.15) is 11.5 Å². The number of aliphatic hydroxyl groups is 1. The fourth-order valence-electron chi connectivity index (χ4n) is 5.30. The molecule has 0 radical (unpaired) electrons. The third kappa shape index (κ3) is 6.15. The number of carbonyl (C=O) groups excluding carboxylic acids is 2. The largest absolute Gasteiger partial charge is 0.507 e. The highest BCUT2D eigenvalue weighted by molar-refractivity contribution is 7.22. The van der Waals surface area contributed by atoms with Crippen LogP contribution in [-0.2, 0) is 9.59 Å². The van der Waals surface area contributed by atoms with Crippen molar-refractivity contribution in [3.63, 3.8) is 0 Å². The van der Waals surface area contributed by atoms with Crippen LogP contribution in [0.1, 0.15) is 68.3 Å². The number of Topliss-reactive ketones (excluding diaryl/α,β-unsaturated/α-hetero) is 1. The standard InChI is InChI=1S/C35H38N2O6S/c1-6-9-17-43-26-15-12-24(20-27(26)41-8-3)31-29(32(38)23-10-13-25(14-11-23)42-16-7-2)33(39)34(40)37(31)35-36-30-22(5)18-21(4)19-28(30)44-35/h10-15,18-20,31,38H,6-9,16-17H2,1-5H3. The lowest BCUT2D eigenvalue weighted by Crippen LogP contribution is -2.29. The first kappa shape index (κ1) is 31.1. The minimum Gasteiger partial charge on any atom is -0.507 e. The second-order valence-electron chi connectivity index (χ2n) is 10.8. The van der Waals surface area contributed by atoms with Gasteiger partial charge in [-0.3, -0.25) is 14.5 Å². The van der Waals surface area contributed by atoms with Crippen LogP contribution in [0.25, 0.3) is 16.0 Å². The van der Waals surface area contributed by atoms with E-state index in [1.54, 1.807) is 36.4 Å². The molecule has 44 heavy (non-hydrogen) atoms. The molecule has 230 valence electrons. The number of carbonyl (C=O) groups is 2. The fourth-order valence-corrected chi connectivity index (χ4v) is 6.47.